The van der Waals surface area contributed by atoms with Crippen LogP contribution in [0.4, 0.5) is 0 Å². The number of piperidine rings is 1. The second-order valence-corrected chi connectivity index (χ2v) is 6.62. The van der Waals surface area contributed by atoms with Crippen LogP contribution in [0.5, 0.6) is 0 Å². The molecule has 1 spiro atoms. The molecule has 1 heterocycles. The standard InChI is InChI=1S/C16H23NO3/c18-14(10-12-4-2-1-3-5-12)17-8-6-16(7-9-17)11-13(16)15(19)20/h4,13H,1-3,5-11H2,(H,19,20)/t13-/m0/s1. The summed E-state index contributed by atoms with van der Waals surface area (Å²) in [5.41, 5.74) is 1.32. The van der Waals surface area contributed by atoms with Crippen LogP contribution in [0.15, 0.2) is 11.6 Å². The molecule has 2 fully saturated rings. The molecule has 1 N–H and O–H groups in total. The van der Waals surface area contributed by atoms with Crippen molar-refractivity contribution < 1.29 is 14.7 Å². The number of hydrogen-bond acceptors (Lipinski definition) is 2. The highest BCUT2D eigenvalue weighted by Gasteiger charge is 2.59. The van der Waals surface area contributed by atoms with E-state index in [-0.39, 0.29) is 17.2 Å². The van der Waals surface area contributed by atoms with Gasteiger partial charge in [0, 0.05) is 19.5 Å². The normalized spacial score (nSPS) is 28.1. The van der Waals surface area contributed by atoms with E-state index in [1.165, 1.54) is 18.4 Å². The number of allylic oxidation sites excluding steroid dienone is 1. The van der Waals surface area contributed by atoms with Crippen molar-refractivity contribution in [3.63, 3.8) is 0 Å². The van der Waals surface area contributed by atoms with Crippen LogP contribution in [0.1, 0.15) is 51.4 Å². The molecular weight excluding hydrogens is 254 g/mol. The van der Waals surface area contributed by atoms with Crippen molar-refractivity contribution in [2.24, 2.45) is 11.3 Å². The van der Waals surface area contributed by atoms with Crippen LogP contribution in [0.3, 0.4) is 0 Å². The zero-order valence-corrected chi connectivity index (χ0v) is 11.9. The molecule has 0 radical (unpaired) electrons. The van der Waals surface area contributed by atoms with Crippen molar-refractivity contribution in [2.45, 2.75) is 51.4 Å². The third kappa shape index (κ3) is 2.60. The maximum absolute atomic E-state index is 12.3. The van der Waals surface area contributed by atoms with Gasteiger partial charge < -0.3 is 10.0 Å². The highest BCUT2D eigenvalue weighted by atomic mass is 16.4. The average molecular weight is 277 g/mol. The van der Waals surface area contributed by atoms with Gasteiger partial charge in [-0.05, 0) is 50.4 Å². The van der Waals surface area contributed by atoms with Crippen LogP contribution in [-0.2, 0) is 9.59 Å². The van der Waals surface area contributed by atoms with Crippen LogP contribution < -0.4 is 0 Å². The highest BCUT2D eigenvalue weighted by Crippen LogP contribution is 2.59. The van der Waals surface area contributed by atoms with Crippen LogP contribution in [0.25, 0.3) is 0 Å². The van der Waals surface area contributed by atoms with E-state index in [9.17, 15) is 9.59 Å². The molecule has 0 aromatic carbocycles. The van der Waals surface area contributed by atoms with Gasteiger partial charge in [0.25, 0.3) is 0 Å². The smallest absolute Gasteiger partial charge is 0.307 e. The minimum Gasteiger partial charge on any atom is -0.481 e. The highest BCUT2D eigenvalue weighted by molar-refractivity contribution is 5.79. The van der Waals surface area contributed by atoms with E-state index in [1.807, 2.05) is 4.90 Å². The molecule has 3 aliphatic rings. The van der Waals surface area contributed by atoms with E-state index < -0.39 is 5.97 Å². The zero-order valence-electron chi connectivity index (χ0n) is 11.9. The van der Waals surface area contributed by atoms with Gasteiger partial charge in [0.2, 0.25) is 5.91 Å². The van der Waals surface area contributed by atoms with Crippen LogP contribution in [0, 0.1) is 11.3 Å². The van der Waals surface area contributed by atoms with E-state index in [0.717, 1.165) is 45.2 Å². The van der Waals surface area contributed by atoms with Gasteiger partial charge in [0.15, 0.2) is 0 Å². The summed E-state index contributed by atoms with van der Waals surface area (Å²) in [6, 6.07) is 0. The molecule has 2 aliphatic carbocycles. The first kappa shape index (κ1) is 13.7. The Balaban J connectivity index is 1.50. The Morgan fingerprint density at radius 3 is 2.60 bits per heavy atom. The number of aliphatic carboxylic acids is 1. The number of carboxylic acids is 1. The lowest BCUT2D eigenvalue weighted by atomic mass is 9.90. The van der Waals surface area contributed by atoms with Gasteiger partial charge in [-0.2, -0.15) is 0 Å². The Labute approximate surface area is 119 Å². The van der Waals surface area contributed by atoms with Gasteiger partial charge in [-0.25, -0.2) is 0 Å². The molecule has 0 bridgehead atoms. The fourth-order valence-corrected chi connectivity index (χ4v) is 3.82. The maximum atomic E-state index is 12.3. The number of nitrogens with zero attached hydrogens (tertiary/aromatic N) is 1. The third-order valence-corrected chi connectivity index (χ3v) is 5.36. The van der Waals surface area contributed by atoms with Crippen molar-refractivity contribution in [3.05, 3.63) is 11.6 Å². The average Bonchev–Trinajstić information content (AvgIpc) is 3.15. The van der Waals surface area contributed by atoms with Crippen molar-refractivity contribution in [1.82, 2.24) is 4.90 Å². The molecule has 0 aromatic heterocycles. The summed E-state index contributed by atoms with van der Waals surface area (Å²) in [5, 5.41) is 9.07. The Morgan fingerprint density at radius 1 is 1.30 bits per heavy atom. The first-order chi connectivity index (χ1) is 9.61. The number of amides is 1. The molecule has 1 atom stereocenters. The maximum Gasteiger partial charge on any atom is 0.307 e. The topological polar surface area (TPSA) is 57.6 Å². The van der Waals surface area contributed by atoms with E-state index >= 15 is 0 Å². The molecule has 0 aromatic rings. The van der Waals surface area contributed by atoms with E-state index in [1.54, 1.807) is 0 Å². The predicted molar refractivity (Wildman–Crippen MR) is 75.2 cm³/mol. The number of rotatable bonds is 3. The Kier molecular flexibility index (Phi) is 3.57. The monoisotopic (exact) mass is 277 g/mol. The number of hydrogen-bond donors (Lipinski definition) is 1. The number of likely N-dealkylation sites (tertiary alicyclic amines) is 1. The molecule has 1 aliphatic heterocycles. The number of carbonyl (C=O) groups is 2. The molecule has 1 saturated carbocycles. The molecule has 1 saturated heterocycles. The lowest BCUT2D eigenvalue weighted by Crippen LogP contribution is -2.40. The predicted octanol–water partition coefficient (Wildman–Crippen LogP) is 2.59. The summed E-state index contributed by atoms with van der Waals surface area (Å²) >= 11 is 0. The van der Waals surface area contributed by atoms with Crippen molar-refractivity contribution in [3.8, 4) is 0 Å². The first-order valence-corrected chi connectivity index (χ1v) is 7.79. The van der Waals surface area contributed by atoms with Crippen LogP contribution in [0.2, 0.25) is 0 Å². The van der Waals surface area contributed by atoms with E-state index in [0.29, 0.717) is 6.42 Å². The Bertz CT molecular complexity index is 447. The summed E-state index contributed by atoms with van der Waals surface area (Å²) in [6.07, 6.45) is 10.0. The summed E-state index contributed by atoms with van der Waals surface area (Å²) in [5.74, 6) is -0.571. The van der Waals surface area contributed by atoms with Crippen molar-refractivity contribution >= 4 is 11.9 Å². The van der Waals surface area contributed by atoms with E-state index in [4.69, 9.17) is 5.11 Å². The Hall–Kier alpha value is -1.32. The van der Waals surface area contributed by atoms with Gasteiger partial charge in [-0.3, -0.25) is 9.59 Å². The summed E-state index contributed by atoms with van der Waals surface area (Å²) in [6.45, 7) is 1.49. The quantitative estimate of drug-likeness (QED) is 0.807. The molecule has 20 heavy (non-hydrogen) atoms. The van der Waals surface area contributed by atoms with E-state index in [2.05, 4.69) is 6.08 Å². The molecule has 3 rings (SSSR count). The second kappa shape index (κ2) is 5.23. The van der Waals surface area contributed by atoms with Gasteiger partial charge in [-0.1, -0.05) is 11.6 Å². The lowest BCUT2D eigenvalue weighted by Gasteiger charge is -2.33. The SMILES string of the molecule is O=C(O)[C@@H]1CC12CCN(C(=O)CC1=CCCCC1)CC2. The molecule has 1 amide bonds. The molecule has 0 unspecified atom stereocenters. The fourth-order valence-electron chi connectivity index (χ4n) is 3.82. The summed E-state index contributed by atoms with van der Waals surface area (Å²) < 4.78 is 0. The second-order valence-electron chi connectivity index (χ2n) is 6.62. The molecule has 4 nitrogen and oxygen atoms in total. The van der Waals surface area contributed by atoms with Gasteiger partial charge in [0.1, 0.15) is 0 Å². The van der Waals surface area contributed by atoms with Gasteiger partial charge >= 0.3 is 5.97 Å². The zero-order chi connectivity index (χ0) is 14.2. The summed E-state index contributed by atoms with van der Waals surface area (Å²) in [4.78, 5) is 25.2. The van der Waals surface area contributed by atoms with Crippen LogP contribution in [-0.4, -0.2) is 35.0 Å². The first-order valence-electron chi connectivity index (χ1n) is 7.79. The number of carboxylic acid groups (broad SMARTS) is 1. The molecule has 110 valence electrons. The fraction of sp³-hybridized carbons (Fsp3) is 0.750. The minimum atomic E-state index is -0.655. The van der Waals surface area contributed by atoms with Crippen molar-refractivity contribution in [2.75, 3.05) is 13.1 Å². The lowest BCUT2D eigenvalue weighted by molar-refractivity contribution is -0.139. The third-order valence-electron chi connectivity index (χ3n) is 5.36. The summed E-state index contributed by atoms with van der Waals surface area (Å²) in [7, 11) is 0. The molecular formula is C16H23NO3. The molecule has 4 heteroatoms. The van der Waals surface area contributed by atoms with Crippen LogP contribution >= 0.6 is 0 Å². The minimum absolute atomic E-state index is 0.0206. The van der Waals surface area contributed by atoms with Gasteiger partial charge in [0.05, 0.1) is 5.92 Å². The number of carbonyl (C=O) groups excluding carboxylic acids is 1. The van der Waals surface area contributed by atoms with Gasteiger partial charge in [-0.15, -0.1) is 0 Å². The largest absolute Gasteiger partial charge is 0.481 e. The van der Waals surface area contributed by atoms with Crippen molar-refractivity contribution in [1.29, 1.82) is 0 Å². The Morgan fingerprint density at radius 2 is 2.05 bits per heavy atom.